The van der Waals surface area contributed by atoms with Crippen LogP contribution in [0.5, 0.6) is 0 Å². The number of nitrogen functional groups attached to an aromatic ring is 1. The summed E-state index contributed by atoms with van der Waals surface area (Å²) >= 11 is 0. The van der Waals surface area contributed by atoms with E-state index in [-0.39, 0.29) is 30.4 Å². The van der Waals surface area contributed by atoms with Crippen molar-refractivity contribution in [3.63, 3.8) is 0 Å². The second-order valence-corrected chi connectivity index (χ2v) is 5.05. The van der Waals surface area contributed by atoms with E-state index in [0.29, 0.717) is 12.4 Å². The fourth-order valence-corrected chi connectivity index (χ4v) is 1.82. The van der Waals surface area contributed by atoms with Crippen molar-refractivity contribution >= 4 is 30.6 Å². The number of aliphatic hydroxyl groups is 1. The lowest BCUT2D eigenvalue weighted by atomic mass is 9.98. The van der Waals surface area contributed by atoms with Gasteiger partial charge in [0.05, 0.1) is 6.10 Å². The molecule has 6 heteroatoms. The highest BCUT2D eigenvalue weighted by Crippen LogP contribution is 2.15. The first-order valence-electron chi connectivity index (χ1n) is 6.09. The first-order chi connectivity index (χ1) is 7.94. The minimum absolute atomic E-state index is 0. The number of nitrogens with one attached hydrogen (secondary N) is 1. The van der Waals surface area contributed by atoms with Crippen molar-refractivity contribution in [1.82, 2.24) is 10.3 Å². The fraction of sp³-hybridized carbons (Fsp3) is 0.615. The van der Waals surface area contributed by atoms with Crippen LogP contribution in [0.3, 0.4) is 0 Å². The van der Waals surface area contributed by atoms with Crippen LogP contribution in [0.2, 0.25) is 0 Å². The molecule has 4 nitrogen and oxygen atoms in total. The van der Waals surface area contributed by atoms with Gasteiger partial charge < -0.3 is 16.2 Å². The Morgan fingerprint density at radius 3 is 2.47 bits per heavy atom. The number of β-amino-alcohol motifs (C(OH)–C–C–N with tert-alkyl or cyclic N) is 1. The van der Waals surface area contributed by atoms with Gasteiger partial charge in [-0.05, 0) is 26.3 Å². The molecule has 0 aliphatic rings. The summed E-state index contributed by atoms with van der Waals surface area (Å²) in [6.45, 7) is 6.97. The predicted molar refractivity (Wildman–Crippen MR) is 85.1 cm³/mol. The highest BCUT2D eigenvalue weighted by atomic mass is 35.5. The van der Waals surface area contributed by atoms with Crippen LogP contribution in [-0.4, -0.2) is 22.2 Å². The standard InChI is InChI=1S/C13H23N3O.2ClH/c1-4-7-13(2,3)16-9-11(17)10-5-6-12(14)15-8-10;;/h5-6,8,11,16-17H,4,7,9H2,1-3H3,(H2,14,15);2*1H. The van der Waals surface area contributed by atoms with Crippen molar-refractivity contribution in [2.75, 3.05) is 12.3 Å². The molecule has 0 aliphatic heterocycles. The molecule has 0 saturated carbocycles. The van der Waals surface area contributed by atoms with Gasteiger partial charge in [0.1, 0.15) is 5.82 Å². The Hall–Kier alpha value is -0.550. The number of hydrogen-bond acceptors (Lipinski definition) is 4. The van der Waals surface area contributed by atoms with Gasteiger partial charge in [-0.15, -0.1) is 24.8 Å². The van der Waals surface area contributed by atoms with Crippen molar-refractivity contribution in [3.05, 3.63) is 23.9 Å². The lowest BCUT2D eigenvalue weighted by Crippen LogP contribution is -2.41. The Balaban J connectivity index is 0. The molecule has 0 aliphatic carbocycles. The van der Waals surface area contributed by atoms with Gasteiger partial charge >= 0.3 is 0 Å². The van der Waals surface area contributed by atoms with Crippen LogP contribution in [0.4, 0.5) is 5.82 Å². The molecule has 1 heterocycles. The maximum atomic E-state index is 10.00. The lowest BCUT2D eigenvalue weighted by Gasteiger charge is -2.27. The highest BCUT2D eigenvalue weighted by Gasteiger charge is 2.17. The zero-order chi connectivity index (χ0) is 12.9. The van der Waals surface area contributed by atoms with E-state index in [1.165, 1.54) is 0 Å². The molecule has 0 amide bonds. The zero-order valence-corrected chi connectivity index (χ0v) is 13.4. The Morgan fingerprint density at radius 1 is 1.37 bits per heavy atom. The van der Waals surface area contributed by atoms with Gasteiger partial charge in [0, 0.05) is 23.8 Å². The van der Waals surface area contributed by atoms with Gasteiger partial charge in [-0.2, -0.15) is 0 Å². The third-order valence-corrected chi connectivity index (χ3v) is 2.84. The number of rotatable bonds is 6. The number of aromatic nitrogens is 1. The number of aliphatic hydroxyl groups excluding tert-OH is 1. The Labute approximate surface area is 128 Å². The molecule has 0 radical (unpaired) electrons. The monoisotopic (exact) mass is 309 g/mol. The number of anilines is 1. The molecule has 0 aromatic carbocycles. The van der Waals surface area contributed by atoms with Crippen molar-refractivity contribution in [1.29, 1.82) is 0 Å². The smallest absolute Gasteiger partial charge is 0.123 e. The second-order valence-electron chi connectivity index (χ2n) is 5.05. The third kappa shape index (κ3) is 7.57. The molecule has 19 heavy (non-hydrogen) atoms. The third-order valence-electron chi connectivity index (χ3n) is 2.84. The summed E-state index contributed by atoms with van der Waals surface area (Å²) in [6, 6.07) is 3.51. The molecule has 1 aromatic heterocycles. The average molecular weight is 310 g/mol. The summed E-state index contributed by atoms with van der Waals surface area (Å²) in [7, 11) is 0. The van der Waals surface area contributed by atoms with Crippen LogP contribution < -0.4 is 11.1 Å². The van der Waals surface area contributed by atoms with E-state index < -0.39 is 6.10 Å². The molecule has 0 fully saturated rings. The predicted octanol–water partition coefficient (Wildman–Crippen LogP) is 2.71. The van der Waals surface area contributed by atoms with E-state index >= 15 is 0 Å². The summed E-state index contributed by atoms with van der Waals surface area (Å²) in [5, 5.41) is 13.4. The van der Waals surface area contributed by atoms with E-state index in [4.69, 9.17) is 5.73 Å². The summed E-state index contributed by atoms with van der Waals surface area (Å²) in [4.78, 5) is 3.97. The van der Waals surface area contributed by atoms with Crippen LogP contribution in [0.15, 0.2) is 18.3 Å². The van der Waals surface area contributed by atoms with Crippen molar-refractivity contribution in [3.8, 4) is 0 Å². The molecule has 4 N–H and O–H groups in total. The van der Waals surface area contributed by atoms with E-state index in [9.17, 15) is 5.11 Å². The van der Waals surface area contributed by atoms with E-state index in [1.54, 1.807) is 12.3 Å². The van der Waals surface area contributed by atoms with Gasteiger partial charge in [-0.1, -0.05) is 19.4 Å². The molecule has 1 atom stereocenters. The first-order valence-corrected chi connectivity index (χ1v) is 6.09. The summed E-state index contributed by atoms with van der Waals surface area (Å²) in [6.07, 6.45) is 3.28. The topological polar surface area (TPSA) is 71.2 Å². The van der Waals surface area contributed by atoms with Gasteiger partial charge in [-0.25, -0.2) is 4.98 Å². The summed E-state index contributed by atoms with van der Waals surface area (Å²) in [5.41, 5.74) is 6.34. The average Bonchev–Trinajstić information content (AvgIpc) is 2.27. The van der Waals surface area contributed by atoms with Gasteiger partial charge in [-0.3, -0.25) is 0 Å². The van der Waals surface area contributed by atoms with Crippen molar-refractivity contribution in [2.45, 2.75) is 45.3 Å². The first kappa shape index (κ1) is 20.8. The van der Waals surface area contributed by atoms with Crippen LogP contribution in [0, 0.1) is 0 Å². The number of hydrogen-bond donors (Lipinski definition) is 3. The molecule has 0 spiro atoms. The van der Waals surface area contributed by atoms with Gasteiger partial charge in [0.25, 0.3) is 0 Å². The number of halogens is 2. The largest absolute Gasteiger partial charge is 0.387 e. The molecular weight excluding hydrogens is 285 g/mol. The number of nitrogens with two attached hydrogens (primary N) is 1. The quantitative estimate of drug-likeness (QED) is 0.755. The zero-order valence-electron chi connectivity index (χ0n) is 11.7. The fourth-order valence-electron chi connectivity index (χ4n) is 1.82. The Bertz CT molecular complexity index is 344. The van der Waals surface area contributed by atoms with Crippen LogP contribution in [0.1, 0.15) is 45.3 Å². The maximum Gasteiger partial charge on any atom is 0.123 e. The highest BCUT2D eigenvalue weighted by molar-refractivity contribution is 5.85. The van der Waals surface area contributed by atoms with Crippen molar-refractivity contribution < 1.29 is 5.11 Å². The summed E-state index contributed by atoms with van der Waals surface area (Å²) < 4.78 is 0. The molecule has 1 aromatic rings. The minimum Gasteiger partial charge on any atom is -0.387 e. The van der Waals surface area contributed by atoms with Gasteiger partial charge in [0.2, 0.25) is 0 Å². The Morgan fingerprint density at radius 2 is 2.00 bits per heavy atom. The number of pyridine rings is 1. The van der Waals surface area contributed by atoms with Crippen LogP contribution in [0.25, 0.3) is 0 Å². The molecular formula is C13H25Cl2N3O. The molecule has 112 valence electrons. The molecule has 0 saturated heterocycles. The van der Waals surface area contributed by atoms with E-state index in [1.807, 2.05) is 6.07 Å². The maximum absolute atomic E-state index is 10.00. The molecule has 1 unspecified atom stereocenters. The van der Waals surface area contributed by atoms with Crippen LogP contribution >= 0.6 is 24.8 Å². The minimum atomic E-state index is -0.542. The lowest BCUT2D eigenvalue weighted by molar-refractivity contribution is 0.158. The van der Waals surface area contributed by atoms with E-state index in [2.05, 4.69) is 31.1 Å². The Kier molecular flexibility index (Phi) is 10.2. The van der Waals surface area contributed by atoms with Crippen molar-refractivity contribution in [2.24, 2.45) is 0 Å². The normalized spacial score (nSPS) is 12.2. The SMILES string of the molecule is CCCC(C)(C)NCC(O)c1ccc(N)nc1.Cl.Cl. The second kappa shape index (κ2) is 9.37. The van der Waals surface area contributed by atoms with E-state index in [0.717, 1.165) is 18.4 Å². The molecule has 0 bridgehead atoms. The number of nitrogens with zero attached hydrogens (tertiary/aromatic N) is 1. The van der Waals surface area contributed by atoms with Gasteiger partial charge in [0.15, 0.2) is 0 Å². The summed E-state index contributed by atoms with van der Waals surface area (Å²) in [5.74, 6) is 0.472. The molecule has 1 rings (SSSR count). The van der Waals surface area contributed by atoms with Crippen LogP contribution in [-0.2, 0) is 0 Å².